The molecule has 0 radical (unpaired) electrons. The third kappa shape index (κ3) is 4.89. The van der Waals surface area contributed by atoms with Gasteiger partial charge in [0.2, 0.25) is 5.67 Å². The molecule has 5 rings (SSSR count). The Balaban J connectivity index is 1.57. The van der Waals surface area contributed by atoms with Crippen molar-refractivity contribution in [2.24, 2.45) is 11.8 Å². The number of halogens is 5. The van der Waals surface area contributed by atoms with Gasteiger partial charge in [-0.25, -0.2) is 17.2 Å². The molecule has 3 aliphatic rings. The zero-order chi connectivity index (χ0) is 30.7. The summed E-state index contributed by atoms with van der Waals surface area (Å²) in [6.45, 7) is 6.45. The summed E-state index contributed by atoms with van der Waals surface area (Å²) < 4.78 is 102. The van der Waals surface area contributed by atoms with E-state index >= 15 is 0 Å². The predicted molar refractivity (Wildman–Crippen MR) is 147 cm³/mol. The molecule has 0 N–H and O–H groups in total. The van der Waals surface area contributed by atoms with Gasteiger partial charge in [0, 0.05) is 19.5 Å². The van der Waals surface area contributed by atoms with Gasteiger partial charge < -0.3 is 4.74 Å². The molecule has 0 aromatic heterocycles. The highest BCUT2D eigenvalue weighted by Crippen LogP contribution is 2.60. The Morgan fingerprint density at radius 2 is 1.64 bits per heavy atom. The first-order valence-electron chi connectivity index (χ1n) is 14.3. The third-order valence-corrected chi connectivity index (χ3v) is 12.5. The normalized spacial score (nSPS) is 26.8. The van der Waals surface area contributed by atoms with Crippen molar-refractivity contribution in [2.75, 3.05) is 26.3 Å². The van der Waals surface area contributed by atoms with Crippen molar-refractivity contribution >= 4 is 15.6 Å². The molecule has 0 amide bonds. The van der Waals surface area contributed by atoms with E-state index in [9.17, 15) is 35.2 Å². The molecule has 42 heavy (non-hydrogen) atoms. The minimum atomic E-state index is -5.15. The number of ketones is 1. The summed E-state index contributed by atoms with van der Waals surface area (Å²) >= 11 is 0. The lowest BCUT2D eigenvalue weighted by molar-refractivity contribution is -0.228. The first kappa shape index (κ1) is 31.1. The van der Waals surface area contributed by atoms with Crippen LogP contribution in [0.5, 0.6) is 0 Å². The van der Waals surface area contributed by atoms with Crippen molar-refractivity contribution in [2.45, 2.75) is 79.9 Å². The van der Waals surface area contributed by atoms with Crippen LogP contribution < -0.4 is 0 Å². The Hall–Kier alpha value is -2.37. The number of sulfone groups is 1. The molecule has 0 bridgehead atoms. The lowest BCUT2D eigenvalue weighted by Crippen LogP contribution is -2.55. The molecule has 1 unspecified atom stereocenters. The number of fused-ring (bicyclic) bond motifs is 3. The lowest BCUT2D eigenvalue weighted by atomic mass is 9.71. The summed E-state index contributed by atoms with van der Waals surface area (Å²) in [6.07, 6.45) is -3.88. The van der Waals surface area contributed by atoms with Crippen LogP contribution >= 0.6 is 0 Å². The molecule has 1 saturated heterocycles. The van der Waals surface area contributed by atoms with Crippen molar-refractivity contribution in [3.8, 4) is 0 Å². The van der Waals surface area contributed by atoms with Gasteiger partial charge >= 0.3 is 6.18 Å². The number of nitrogens with zero attached hydrogens (tertiary/aromatic N) is 1. The fraction of sp³-hybridized carbons (Fsp3) is 0.581. The highest BCUT2D eigenvalue weighted by Gasteiger charge is 2.61. The maximum Gasteiger partial charge on any atom is 0.426 e. The van der Waals surface area contributed by atoms with Crippen molar-refractivity contribution in [1.29, 1.82) is 0 Å². The van der Waals surface area contributed by atoms with Crippen LogP contribution in [0.4, 0.5) is 22.0 Å². The number of hydrogen-bond acceptors (Lipinski definition) is 5. The largest absolute Gasteiger partial charge is 0.426 e. The van der Waals surface area contributed by atoms with Crippen LogP contribution in [0.1, 0.15) is 63.1 Å². The standard InChI is InChI=1S/C31H36F5NO4S/c1-28(2,37-14-16-41-17-15-37)27(38)19-21-12-13-30(42(39,40)24-8-6-23(32)7-9-24)25(21)10-4-20-18-22(5-11-26(20)30)29(3,33)31(34,35)36/h5-9,11,18,21,25H,4,10,12-17,19H2,1-3H3/t21-,25-,29?,30-/m1/s1. The topological polar surface area (TPSA) is 63.7 Å². The second-order valence-electron chi connectivity index (χ2n) is 12.4. The van der Waals surface area contributed by atoms with Crippen molar-refractivity contribution in [1.82, 2.24) is 4.90 Å². The van der Waals surface area contributed by atoms with E-state index in [1.165, 1.54) is 18.2 Å². The number of morpholine rings is 1. The Morgan fingerprint density at radius 1 is 1.00 bits per heavy atom. The van der Waals surface area contributed by atoms with Gasteiger partial charge in [0.25, 0.3) is 0 Å². The van der Waals surface area contributed by atoms with Gasteiger partial charge in [-0.15, -0.1) is 0 Å². The fourth-order valence-electron chi connectivity index (χ4n) is 7.28. The van der Waals surface area contributed by atoms with Gasteiger partial charge in [-0.05, 0) is 99.2 Å². The zero-order valence-corrected chi connectivity index (χ0v) is 24.8. The quantitative estimate of drug-likeness (QED) is 0.272. The number of aryl methyl sites for hydroxylation is 1. The molecule has 5 nitrogen and oxygen atoms in total. The molecule has 2 fully saturated rings. The number of benzene rings is 2. The molecule has 11 heteroatoms. The number of Topliss-reactive ketones (excluding diaryl/α,β-unsaturated/α-hetero) is 1. The Kier molecular flexibility index (Phi) is 7.89. The molecule has 2 aliphatic carbocycles. The summed E-state index contributed by atoms with van der Waals surface area (Å²) in [7, 11) is -4.21. The van der Waals surface area contributed by atoms with Crippen molar-refractivity contribution < 1.29 is 39.9 Å². The first-order chi connectivity index (χ1) is 19.5. The van der Waals surface area contributed by atoms with Crippen LogP contribution in [0.15, 0.2) is 47.4 Å². The van der Waals surface area contributed by atoms with E-state index < -0.39 is 49.3 Å². The van der Waals surface area contributed by atoms with Crippen LogP contribution in [-0.2, 0) is 36.2 Å². The number of hydrogen-bond donors (Lipinski definition) is 0. The van der Waals surface area contributed by atoms with Crippen LogP contribution in [0.2, 0.25) is 0 Å². The molecule has 2 aromatic carbocycles. The van der Waals surface area contributed by atoms with Crippen molar-refractivity contribution in [3.63, 3.8) is 0 Å². The molecule has 1 heterocycles. The third-order valence-electron chi connectivity index (χ3n) is 9.95. The second kappa shape index (κ2) is 10.7. The first-order valence-corrected chi connectivity index (χ1v) is 15.8. The second-order valence-corrected chi connectivity index (χ2v) is 14.7. The molecule has 0 spiro atoms. The lowest BCUT2D eigenvalue weighted by Gasteiger charge is -2.44. The monoisotopic (exact) mass is 613 g/mol. The van der Waals surface area contributed by atoms with Crippen molar-refractivity contribution in [3.05, 3.63) is 65.0 Å². The minimum absolute atomic E-state index is 0.0103. The molecule has 1 saturated carbocycles. The summed E-state index contributed by atoms with van der Waals surface area (Å²) in [5, 5.41) is 0. The van der Waals surface area contributed by atoms with Crippen LogP contribution in [0, 0.1) is 17.7 Å². The van der Waals surface area contributed by atoms with Gasteiger partial charge in [-0.3, -0.25) is 9.69 Å². The SMILES string of the molecule is CC(C)(C(=O)C[C@H]1CC[C@]2(S(=O)(=O)c3ccc(F)cc3)c3ccc(C(C)(F)C(F)(F)F)cc3CC[C@H]12)N1CCOCC1. The highest BCUT2D eigenvalue weighted by molar-refractivity contribution is 7.92. The number of carbonyl (C=O) groups excluding carboxylic acids is 1. The number of carbonyl (C=O) groups is 1. The van der Waals surface area contributed by atoms with E-state index in [2.05, 4.69) is 4.90 Å². The average Bonchev–Trinajstić information content (AvgIpc) is 3.33. The smallest absolute Gasteiger partial charge is 0.379 e. The van der Waals surface area contributed by atoms with Crippen LogP contribution in [0.3, 0.4) is 0 Å². The van der Waals surface area contributed by atoms with E-state index in [0.29, 0.717) is 57.2 Å². The van der Waals surface area contributed by atoms with Gasteiger partial charge in [0.05, 0.1) is 23.6 Å². The summed E-state index contributed by atoms with van der Waals surface area (Å²) in [6, 6.07) is 8.00. The molecule has 4 atom stereocenters. The fourth-order valence-corrected chi connectivity index (χ4v) is 9.78. The molecule has 1 aliphatic heterocycles. The average molecular weight is 614 g/mol. The minimum Gasteiger partial charge on any atom is -0.379 e. The molecular weight excluding hydrogens is 577 g/mol. The van der Waals surface area contributed by atoms with Gasteiger partial charge in [-0.1, -0.05) is 18.2 Å². The van der Waals surface area contributed by atoms with E-state index in [4.69, 9.17) is 4.74 Å². The molecular formula is C31H36F5NO4S. The summed E-state index contributed by atoms with van der Waals surface area (Å²) in [5.41, 5.74) is -4.29. The van der Waals surface area contributed by atoms with Gasteiger partial charge in [0.1, 0.15) is 10.6 Å². The predicted octanol–water partition coefficient (Wildman–Crippen LogP) is 6.28. The Bertz CT molecular complexity index is 1450. The van der Waals surface area contributed by atoms with Gasteiger partial charge in [-0.2, -0.15) is 13.2 Å². The zero-order valence-electron chi connectivity index (χ0n) is 23.9. The summed E-state index contributed by atoms with van der Waals surface area (Å²) in [5.74, 6) is -1.41. The van der Waals surface area contributed by atoms with Gasteiger partial charge in [0.15, 0.2) is 15.6 Å². The Morgan fingerprint density at radius 3 is 2.26 bits per heavy atom. The van der Waals surface area contributed by atoms with E-state index in [0.717, 1.165) is 24.3 Å². The number of ether oxygens (including phenoxy) is 1. The van der Waals surface area contributed by atoms with E-state index in [-0.39, 0.29) is 35.9 Å². The molecule has 230 valence electrons. The van der Waals surface area contributed by atoms with Crippen LogP contribution in [0.25, 0.3) is 0 Å². The number of alkyl halides is 4. The molecule has 2 aromatic rings. The van der Waals surface area contributed by atoms with E-state index in [1.807, 2.05) is 13.8 Å². The Labute approximate surface area is 243 Å². The number of rotatable bonds is 7. The maximum atomic E-state index is 14.9. The maximum absolute atomic E-state index is 14.9. The highest BCUT2D eigenvalue weighted by atomic mass is 32.2. The summed E-state index contributed by atoms with van der Waals surface area (Å²) in [4.78, 5) is 15.7. The van der Waals surface area contributed by atoms with Crippen LogP contribution in [-0.4, -0.2) is 57.1 Å². The van der Waals surface area contributed by atoms with E-state index in [1.54, 1.807) is 0 Å².